The van der Waals surface area contributed by atoms with E-state index in [2.05, 4.69) is 20.7 Å². The summed E-state index contributed by atoms with van der Waals surface area (Å²) in [5, 5.41) is 8.92. The molecule has 0 spiro atoms. The molecule has 2 N–H and O–H groups in total. The average Bonchev–Trinajstić information content (AvgIpc) is 3.02. The fraction of sp³-hybridized carbons (Fsp3) is 0.583. The Bertz CT molecular complexity index is 628. The summed E-state index contributed by atoms with van der Waals surface area (Å²) in [6, 6.07) is 1.17. The van der Waals surface area contributed by atoms with Crippen LogP contribution in [0.2, 0.25) is 0 Å². The molecule has 0 aromatic carbocycles. The molecule has 0 radical (unpaired) electrons. The molecule has 0 bridgehead atoms. The van der Waals surface area contributed by atoms with Crippen molar-refractivity contribution in [3.8, 4) is 0 Å². The first-order valence-corrected chi connectivity index (χ1v) is 9.58. The molecular formula is C12H16BrNO5S2. The first-order chi connectivity index (χ1) is 9.85. The van der Waals surface area contributed by atoms with Crippen LogP contribution in [0.4, 0.5) is 0 Å². The third kappa shape index (κ3) is 3.84. The second-order valence-corrected chi connectivity index (χ2v) is 8.88. The van der Waals surface area contributed by atoms with Gasteiger partial charge in [0, 0.05) is 19.1 Å². The molecule has 1 aromatic heterocycles. The minimum absolute atomic E-state index is 0.0158. The van der Waals surface area contributed by atoms with Crippen LogP contribution in [0.25, 0.3) is 0 Å². The Morgan fingerprint density at radius 2 is 2.33 bits per heavy atom. The molecule has 0 amide bonds. The number of ether oxygens (including phenoxy) is 1. The molecule has 21 heavy (non-hydrogen) atoms. The van der Waals surface area contributed by atoms with E-state index < -0.39 is 16.0 Å². The molecule has 2 rings (SSSR count). The highest BCUT2D eigenvalue weighted by molar-refractivity contribution is 9.11. The lowest BCUT2D eigenvalue weighted by atomic mass is 10.0. The van der Waals surface area contributed by atoms with Crippen molar-refractivity contribution in [3.63, 3.8) is 0 Å². The van der Waals surface area contributed by atoms with E-state index in [1.807, 2.05) is 6.92 Å². The van der Waals surface area contributed by atoms with Crippen LogP contribution in [0.1, 0.15) is 29.4 Å². The lowest BCUT2D eigenvalue weighted by Crippen LogP contribution is -2.32. The maximum absolute atomic E-state index is 12.3. The molecule has 2 heterocycles. The normalized spacial score (nSPS) is 22.6. The number of sulfonamides is 1. The number of hydrogen-bond acceptors (Lipinski definition) is 5. The van der Waals surface area contributed by atoms with Crippen molar-refractivity contribution >= 4 is 43.3 Å². The fourth-order valence-electron chi connectivity index (χ4n) is 2.31. The van der Waals surface area contributed by atoms with Crippen molar-refractivity contribution in [1.29, 1.82) is 0 Å². The van der Waals surface area contributed by atoms with E-state index in [9.17, 15) is 13.2 Å². The number of carboxylic acids is 1. The van der Waals surface area contributed by atoms with Crippen LogP contribution in [0.3, 0.4) is 0 Å². The van der Waals surface area contributed by atoms with E-state index in [4.69, 9.17) is 9.84 Å². The molecule has 6 nitrogen and oxygen atoms in total. The average molecular weight is 398 g/mol. The second-order valence-electron chi connectivity index (χ2n) is 4.77. The van der Waals surface area contributed by atoms with Gasteiger partial charge in [0.05, 0.1) is 9.89 Å². The summed E-state index contributed by atoms with van der Waals surface area (Å²) in [6.45, 7) is 2.95. The van der Waals surface area contributed by atoms with E-state index >= 15 is 0 Å². The van der Waals surface area contributed by atoms with Crippen LogP contribution >= 0.6 is 27.3 Å². The maximum atomic E-state index is 12.3. The Labute approximate surface area is 135 Å². The fourth-order valence-corrected chi connectivity index (χ4v) is 5.81. The number of rotatable bonds is 6. The molecule has 118 valence electrons. The number of halogens is 1. The quantitative estimate of drug-likeness (QED) is 0.767. The van der Waals surface area contributed by atoms with Gasteiger partial charge < -0.3 is 9.84 Å². The Balaban J connectivity index is 2.10. The zero-order valence-electron chi connectivity index (χ0n) is 11.3. The molecule has 0 saturated carbocycles. The smallest absolute Gasteiger partial charge is 0.345 e. The molecule has 1 aliphatic rings. The third-order valence-electron chi connectivity index (χ3n) is 3.44. The molecule has 9 heteroatoms. The summed E-state index contributed by atoms with van der Waals surface area (Å²) in [6.07, 6.45) is 1.75. The number of carboxylic acid groups (broad SMARTS) is 1. The zero-order valence-corrected chi connectivity index (χ0v) is 14.6. The van der Waals surface area contributed by atoms with E-state index in [0.29, 0.717) is 16.9 Å². The molecule has 0 aliphatic carbocycles. The van der Waals surface area contributed by atoms with Gasteiger partial charge in [-0.2, -0.15) is 0 Å². The van der Waals surface area contributed by atoms with Crippen LogP contribution in [0.5, 0.6) is 0 Å². The van der Waals surface area contributed by atoms with Gasteiger partial charge in [-0.1, -0.05) is 6.92 Å². The van der Waals surface area contributed by atoms with Crippen molar-refractivity contribution in [1.82, 2.24) is 4.72 Å². The Hall–Kier alpha value is -0.480. The minimum Gasteiger partial charge on any atom is -0.477 e. The van der Waals surface area contributed by atoms with Crippen molar-refractivity contribution in [2.45, 2.75) is 30.8 Å². The Kier molecular flexibility index (Phi) is 5.42. The van der Waals surface area contributed by atoms with Crippen molar-refractivity contribution in [3.05, 3.63) is 14.7 Å². The highest BCUT2D eigenvalue weighted by atomic mass is 79.9. The predicted octanol–water partition coefficient (Wildman–Crippen LogP) is 2.30. The summed E-state index contributed by atoms with van der Waals surface area (Å²) in [5.74, 6) is -0.987. The van der Waals surface area contributed by atoms with E-state index in [1.165, 1.54) is 6.07 Å². The number of thiophene rings is 1. The predicted molar refractivity (Wildman–Crippen MR) is 82.3 cm³/mol. The largest absolute Gasteiger partial charge is 0.477 e. The first-order valence-electron chi connectivity index (χ1n) is 6.49. The van der Waals surface area contributed by atoms with Crippen LogP contribution < -0.4 is 4.72 Å². The summed E-state index contributed by atoms with van der Waals surface area (Å²) < 4.78 is 32.9. The molecule has 1 aromatic rings. The van der Waals surface area contributed by atoms with Gasteiger partial charge in [0.1, 0.15) is 9.77 Å². The van der Waals surface area contributed by atoms with E-state index in [0.717, 1.165) is 24.2 Å². The minimum atomic E-state index is -3.73. The number of nitrogens with one attached hydrogen (secondary N) is 1. The maximum Gasteiger partial charge on any atom is 0.345 e. The van der Waals surface area contributed by atoms with E-state index in [-0.39, 0.29) is 21.8 Å². The third-order valence-corrected chi connectivity index (χ3v) is 7.10. The summed E-state index contributed by atoms with van der Waals surface area (Å²) >= 11 is 4.00. The standard InChI is InChI=1S/C12H16BrNO5S2/c1-2-8-7(3-4-19-8)6-14-21(17,18)10-5-9(12(15)16)20-11(10)13/h5,7-8,14H,2-4,6H2,1H3,(H,15,16). The van der Waals surface area contributed by atoms with Gasteiger partial charge in [0.2, 0.25) is 10.0 Å². The molecule has 2 atom stereocenters. The lowest BCUT2D eigenvalue weighted by molar-refractivity contribution is 0.0702. The SMILES string of the molecule is CCC1OCCC1CNS(=O)(=O)c1cc(C(=O)O)sc1Br. The number of aromatic carboxylic acids is 1. The summed E-state index contributed by atoms with van der Waals surface area (Å²) in [4.78, 5) is 10.9. The van der Waals surface area contributed by atoms with Gasteiger partial charge in [-0.3, -0.25) is 0 Å². The molecule has 1 fully saturated rings. The van der Waals surface area contributed by atoms with Crippen molar-refractivity contribution < 1.29 is 23.1 Å². The van der Waals surface area contributed by atoms with Crippen LogP contribution in [0, 0.1) is 5.92 Å². The van der Waals surface area contributed by atoms with Crippen LogP contribution in [0.15, 0.2) is 14.7 Å². The number of carbonyl (C=O) groups is 1. The van der Waals surface area contributed by atoms with Gasteiger partial charge in [-0.05, 0) is 34.8 Å². The van der Waals surface area contributed by atoms with Gasteiger partial charge in [0.25, 0.3) is 0 Å². The second kappa shape index (κ2) is 6.74. The van der Waals surface area contributed by atoms with Gasteiger partial charge in [-0.25, -0.2) is 17.9 Å². The van der Waals surface area contributed by atoms with Crippen molar-refractivity contribution in [2.24, 2.45) is 5.92 Å². The van der Waals surface area contributed by atoms with Gasteiger partial charge >= 0.3 is 5.97 Å². The highest BCUT2D eigenvalue weighted by Crippen LogP contribution is 2.32. The first kappa shape index (κ1) is 16.9. The van der Waals surface area contributed by atoms with Crippen LogP contribution in [-0.2, 0) is 14.8 Å². The Morgan fingerprint density at radius 3 is 2.90 bits per heavy atom. The molecule has 2 unspecified atom stereocenters. The molecule has 1 saturated heterocycles. The van der Waals surface area contributed by atoms with Crippen molar-refractivity contribution in [2.75, 3.05) is 13.2 Å². The zero-order chi connectivity index (χ0) is 15.6. The van der Waals surface area contributed by atoms with Gasteiger partial charge in [0.15, 0.2) is 0 Å². The van der Waals surface area contributed by atoms with E-state index in [1.54, 1.807) is 0 Å². The van der Waals surface area contributed by atoms with Crippen LogP contribution in [-0.4, -0.2) is 38.7 Å². The summed E-state index contributed by atoms with van der Waals surface area (Å²) in [7, 11) is -3.73. The van der Waals surface area contributed by atoms with Gasteiger partial charge in [-0.15, -0.1) is 11.3 Å². The highest BCUT2D eigenvalue weighted by Gasteiger charge is 2.29. The lowest BCUT2D eigenvalue weighted by Gasteiger charge is -2.17. The molecular weight excluding hydrogens is 382 g/mol. The Morgan fingerprint density at radius 1 is 1.62 bits per heavy atom. The topological polar surface area (TPSA) is 92.7 Å². The monoisotopic (exact) mass is 397 g/mol. The molecule has 1 aliphatic heterocycles. The number of hydrogen-bond donors (Lipinski definition) is 2. The summed E-state index contributed by atoms with van der Waals surface area (Å²) in [5.41, 5.74) is 0.